The number of hydrogen-bond acceptors (Lipinski definition) is 1. The second-order valence-electron chi connectivity index (χ2n) is 3.15. The average molecular weight is 165 g/mol. The Morgan fingerprint density at radius 2 is 2.17 bits per heavy atom. The second-order valence-corrected chi connectivity index (χ2v) is 3.15. The molecule has 0 saturated heterocycles. The smallest absolute Gasteiger partial charge is 0.0240 e. The molecule has 0 amide bonds. The number of hydrogen-bond donors (Lipinski definition) is 1. The van der Waals surface area contributed by atoms with Crippen molar-refractivity contribution in [2.24, 2.45) is 11.7 Å². The molecule has 0 aromatic heterocycles. The van der Waals surface area contributed by atoms with Gasteiger partial charge in [-0.3, -0.25) is 0 Å². The Morgan fingerprint density at radius 1 is 1.58 bits per heavy atom. The maximum Gasteiger partial charge on any atom is 0.0240 e. The fourth-order valence-electron chi connectivity index (χ4n) is 0.810. The van der Waals surface area contributed by atoms with Crippen LogP contribution in [0.2, 0.25) is 0 Å². The average Bonchev–Trinajstić information content (AvgIpc) is 2.02. The van der Waals surface area contributed by atoms with E-state index >= 15 is 0 Å². The van der Waals surface area contributed by atoms with Gasteiger partial charge < -0.3 is 5.73 Å². The first-order chi connectivity index (χ1) is 5.57. The van der Waals surface area contributed by atoms with Crippen LogP contribution in [0, 0.1) is 5.92 Å². The van der Waals surface area contributed by atoms with Gasteiger partial charge in [0.05, 0.1) is 0 Å². The van der Waals surface area contributed by atoms with Crippen LogP contribution in [0.3, 0.4) is 0 Å². The quantitative estimate of drug-likeness (QED) is 0.637. The van der Waals surface area contributed by atoms with Gasteiger partial charge in [-0.05, 0) is 25.3 Å². The van der Waals surface area contributed by atoms with Gasteiger partial charge in [-0.1, -0.05) is 38.2 Å². The van der Waals surface area contributed by atoms with E-state index in [0.29, 0.717) is 11.6 Å². The number of allylic oxidation sites excluding steroid dienone is 4. The van der Waals surface area contributed by atoms with Crippen molar-refractivity contribution in [3.05, 3.63) is 36.1 Å². The molecule has 0 spiro atoms. The summed E-state index contributed by atoms with van der Waals surface area (Å²) in [4.78, 5) is 0. The Labute approximate surface area is 75.7 Å². The molecule has 0 saturated carbocycles. The minimum atomic E-state index is 0.600. The van der Waals surface area contributed by atoms with Crippen LogP contribution in [-0.4, -0.2) is 0 Å². The van der Waals surface area contributed by atoms with E-state index in [4.69, 9.17) is 5.73 Å². The highest BCUT2D eigenvalue weighted by atomic mass is 14.5. The highest BCUT2D eigenvalue weighted by molar-refractivity contribution is 5.19. The lowest BCUT2D eigenvalue weighted by atomic mass is 10.00. The number of rotatable bonds is 4. The van der Waals surface area contributed by atoms with Crippen LogP contribution >= 0.6 is 0 Å². The van der Waals surface area contributed by atoms with E-state index in [9.17, 15) is 0 Å². The first kappa shape index (κ1) is 11.0. The minimum absolute atomic E-state index is 0.600. The lowest BCUT2D eigenvalue weighted by Gasteiger charge is -2.06. The Morgan fingerprint density at radius 3 is 2.58 bits per heavy atom. The summed E-state index contributed by atoms with van der Waals surface area (Å²) in [6.45, 7) is 10.1. The lowest BCUT2D eigenvalue weighted by Crippen LogP contribution is -1.92. The summed E-state index contributed by atoms with van der Waals surface area (Å²) >= 11 is 0. The van der Waals surface area contributed by atoms with Crippen molar-refractivity contribution in [3.63, 3.8) is 0 Å². The molecular weight excluding hydrogens is 146 g/mol. The van der Waals surface area contributed by atoms with Gasteiger partial charge in [-0.25, -0.2) is 0 Å². The summed E-state index contributed by atoms with van der Waals surface area (Å²) < 4.78 is 0. The first-order valence-electron chi connectivity index (χ1n) is 4.37. The van der Waals surface area contributed by atoms with E-state index in [0.717, 1.165) is 0 Å². The summed E-state index contributed by atoms with van der Waals surface area (Å²) in [6, 6.07) is 0. The largest absolute Gasteiger partial charge is 0.399 e. The molecule has 0 heterocycles. The van der Waals surface area contributed by atoms with E-state index in [2.05, 4.69) is 33.4 Å². The van der Waals surface area contributed by atoms with Gasteiger partial charge in [0, 0.05) is 5.70 Å². The molecule has 12 heavy (non-hydrogen) atoms. The van der Waals surface area contributed by atoms with Crippen molar-refractivity contribution < 1.29 is 0 Å². The van der Waals surface area contributed by atoms with Crippen molar-refractivity contribution in [1.29, 1.82) is 0 Å². The molecule has 0 unspecified atom stereocenters. The van der Waals surface area contributed by atoms with E-state index < -0.39 is 0 Å². The van der Waals surface area contributed by atoms with Crippen LogP contribution in [-0.2, 0) is 0 Å². The fourth-order valence-corrected chi connectivity index (χ4v) is 0.810. The molecule has 2 N–H and O–H groups in total. The second kappa shape index (κ2) is 5.64. The normalized spacial score (nSPS) is 15.1. The van der Waals surface area contributed by atoms with E-state index in [-0.39, 0.29) is 0 Å². The van der Waals surface area contributed by atoms with E-state index in [1.807, 2.05) is 12.2 Å². The number of nitrogens with two attached hydrogens (primary N) is 1. The van der Waals surface area contributed by atoms with Crippen LogP contribution in [0.4, 0.5) is 0 Å². The van der Waals surface area contributed by atoms with Crippen LogP contribution < -0.4 is 5.73 Å². The summed E-state index contributed by atoms with van der Waals surface area (Å²) in [7, 11) is 0. The summed E-state index contributed by atoms with van der Waals surface area (Å²) in [5.74, 6) is 0.653. The molecule has 0 bridgehead atoms. The molecule has 1 atom stereocenters. The molecule has 0 rings (SSSR count). The predicted octanol–water partition coefficient (Wildman–Crippen LogP) is 3.01. The molecule has 68 valence electrons. The Balaban J connectivity index is 4.08. The SMILES string of the molecule is C=C(N)/C=C\C=C(/C)[C@@H](C)CC. The topological polar surface area (TPSA) is 26.0 Å². The molecule has 0 aliphatic carbocycles. The third kappa shape index (κ3) is 4.78. The molecule has 0 radical (unpaired) electrons. The fraction of sp³-hybridized carbons (Fsp3) is 0.455. The van der Waals surface area contributed by atoms with Gasteiger partial charge in [0.25, 0.3) is 0 Å². The molecule has 1 heteroatoms. The zero-order valence-corrected chi connectivity index (χ0v) is 8.30. The van der Waals surface area contributed by atoms with Gasteiger partial charge in [-0.15, -0.1) is 0 Å². The lowest BCUT2D eigenvalue weighted by molar-refractivity contribution is 0.655. The predicted molar refractivity (Wildman–Crippen MR) is 55.7 cm³/mol. The van der Waals surface area contributed by atoms with E-state index in [1.54, 1.807) is 0 Å². The Bertz CT molecular complexity index is 199. The third-order valence-corrected chi connectivity index (χ3v) is 2.06. The van der Waals surface area contributed by atoms with Gasteiger partial charge in [0.2, 0.25) is 0 Å². The standard InChI is InChI=1S/C11H19N/c1-5-9(2)10(3)7-6-8-11(4)12/h6-9H,4-5,12H2,1-3H3/b8-6-,10-7+/t9-/m0/s1. The van der Waals surface area contributed by atoms with Gasteiger partial charge in [-0.2, -0.15) is 0 Å². The Kier molecular flexibility index (Phi) is 5.18. The van der Waals surface area contributed by atoms with Crippen molar-refractivity contribution in [3.8, 4) is 0 Å². The van der Waals surface area contributed by atoms with Crippen LogP contribution in [0.1, 0.15) is 27.2 Å². The maximum atomic E-state index is 5.38. The molecule has 1 nitrogen and oxygen atoms in total. The molecule has 0 fully saturated rings. The monoisotopic (exact) mass is 165 g/mol. The van der Waals surface area contributed by atoms with Crippen molar-refractivity contribution >= 4 is 0 Å². The summed E-state index contributed by atoms with van der Waals surface area (Å²) in [5.41, 5.74) is 7.36. The van der Waals surface area contributed by atoms with Gasteiger partial charge >= 0.3 is 0 Å². The first-order valence-corrected chi connectivity index (χ1v) is 4.37. The molecule has 0 aliphatic rings. The van der Waals surface area contributed by atoms with E-state index in [1.165, 1.54) is 12.0 Å². The van der Waals surface area contributed by atoms with Crippen molar-refractivity contribution in [2.75, 3.05) is 0 Å². The van der Waals surface area contributed by atoms with Crippen LogP contribution in [0.5, 0.6) is 0 Å². The molecule has 0 aliphatic heterocycles. The van der Waals surface area contributed by atoms with Crippen molar-refractivity contribution in [2.45, 2.75) is 27.2 Å². The van der Waals surface area contributed by atoms with Gasteiger partial charge in [0.15, 0.2) is 0 Å². The summed E-state index contributed by atoms with van der Waals surface area (Å²) in [6.07, 6.45) is 7.03. The van der Waals surface area contributed by atoms with Crippen LogP contribution in [0.25, 0.3) is 0 Å². The van der Waals surface area contributed by atoms with Crippen molar-refractivity contribution in [1.82, 2.24) is 0 Å². The zero-order chi connectivity index (χ0) is 9.56. The zero-order valence-electron chi connectivity index (χ0n) is 8.30. The Hall–Kier alpha value is -0.980. The highest BCUT2D eigenvalue weighted by Gasteiger charge is 1.97. The highest BCUT2D eigenvalue weighted by Crippen LogP contribution is 2.12. The van der Waals surface area contributed by atoms with Gasteiger partial charge in [0.1, 0.15) is 0 Å². The molecule has 0 aromatic rings. The molecular formula is C11H19N. The molecule has 0 aromatic carbocycles. The minimum Gasteiger partial charge on any atom is -0.399 e. The maximum absolute atomic E-state index is 5.38. The third-order valence-electron chi connectivity index (χ3n) is 2.06. The summed E-state index contributed by atoms with van der Waals surface area (Å²) in [5, 5.41) is 0. The van der Waals surface area contributed by atoms with Crippen LogP contribution in [0.15, 0.2) is 36.1 Å².